The summed E-state index contributed by atoms with van der Waals surface area (Å²) in [5.74, 6) is 0.120. The molecule has 4 aromatic rings. The second-order valence-electron chi connectivity index (χ2n) is 9.88. The summed E-state index contributed by atoms with van der Waals surface area (Å²) in [6, 6.07) is 22.2. The number of aromatic nitrogens is 1. The number of halogens is 1. The molecule has 1 saturated carbocycles. The number of hydrogen-bond acceptors (Lipinski definition) is 6. The predicted octanol–water partition coefficient (Wildman–Crippen LogP) is 7.89. The van der Waals surface area contributed by atoms with Crippen molar-refractivity contribution >= 4 is 34.8 Å². The van der Waals surface area contributed by atoms with Crippen LogP contribution in [0.25, 0.3) is 10.6 Å². The first-order chi connectivity index (χ1) is 19.1. The second-order valence-corrected chi connectivity index (χ2v) is 11.2. The number of hydrogen-bond donors (Lipinski definition) is 0. The van der Waals surface area contributed by atoms with Crippen LogP contribution in [0.3, 0.4) is 0 Å². The van der Waals surface area contributed by atoms with Crippen molar-refractivity contribution in [2.24, 2.45) is 5.92 Å². The highest BCUT2D eigenvalue weighted by Gasteiger charge is 2.40. The van der Waals surface area contributed by atoms with Crippen LogP contribution < -0.4 is 4.74 Å². The van der Waals surface area contributed by atoms with E-state index in [0.29, 0.717) is 28.5 Å². The topological polar surface area (TPSA) is 68.7 Å². The Bertz CT molecular complexity index is 1440. The van der Waals surface area contributed by atoms with Crippen molar-refractivity contribution in [3.8, 4) is 16.3 Å². The first-order valence-corrected chi connectivity index (χ1v) is 14.4. The minimum atomic E-state index is -0.405. The van der Waals surface area contributed by atoms with Crippen LogP contribution in [-0.4, -0.2) is 21.9 Å². The van der Waals surface area contributed by atoms with Gasteiger partial charge >= 0.3 is 0 Å². The van der Waals surface area contributed by atoms with E-state index in [4.69, 9.17) is 21.2 Å². The van der Waals surface area contributed by atoms with Crippen molar-refractivity contribution in [3.05, 3.63) is 106 Å². The fraction of sp³-hybridized carbons (Fsp3) is 0.258. The fourth-order valence-electron chi connectivity index (χ4n) is 5.24. The molecule has 2 heterocycles. The number of carbonyl (C=O) groups excluding carboxylic acids is 2. The monoisotopic (exact) mass is 558 g/mol. The lowest BCUT2D eigenvalue weighted by atomic mass is 9.82. The van der Waals surface area contributed by atoms with Gasteiger partial charge < -0.3 is 4.74 Å². The van der Waals surface area contributed by atoms with Crippen molar-refractivity contribution in [1.82, 2.24) is 10.0 Å². The van der Waals surface area contributed by atoms with Crippen LogP contribution in [0, 0.1) is 5.92 Å². The highest BCUT2D eigenvalue weighted by atomic mass is 35.5. The molecule has 2 amide bonds. The van der Waals surface area contributed by atoms with Crippen LogP contribution in [0.4, 0.5) is 0 Å². The van der Waals surface area contributed by atoms with E-state index in [-0.39, 0.29) is 5.92 Å². The van der Waals surface area contributed by atoms with Gasteiger partial charge in [-0.1, -0.05) is 67.3 Å². The smallest absolute Gasteiger partial charge is 0.285 e. The number of fused-ring (bicyclic) bond motifs is 1. The molecule has 6 nitrogen and oxygen atoms in total. The first-order valence-electron chi connectivity index (χ1n) is 13.1. The van der Waals surface area contributed by atoms with Crippen molar-refractivity contribution in [2.45, 2.75) is 44.8 Å². The third-order valence-corrected chi connectivity index (χ3v) is 8.48. The van der Waals surface area contributed by atoms with Gasteiger partial charge in [0.15, 0.2) is 0 Å². The molecule has 2 aliphatic rings. The number of carbonyl (C=O) groups is 2. The Kier molecular flexibility index (Phi) is 7.46. The van der Waals surface area contributed by atoms with Crippen LogP contribution in [0.1, 0.15) is 70.2 Å². The lowest BCUT2D eigenvalue weighted by Gasteiger charge is -2.32. The third kappa shape index (κ3) is 5.48. The number of rotatable bonds is 8. The molecular formula is C31H27ClN2O4S. The molecule has 198 valence electrons. The number of thiazole rings is 1. The van der Waals surface area contributed by atoms with Crippen LogP contribution in [0.2, 0.25) is 5.02 Å². The molecule has 1 aliphatic heterocycles. The Morgan fingerprint density at radius 1 is 0.897 bits per heavy atom. The molecule has 39 heavy (non-hydrogen) atoms. The molecule has 1 unspecified atom stereocenters. The predicted molar refractivity (Wildman–Crippen MR) is 151 cm³/mol. The van der Waals surface area contributed by atoms with Gasteiger partial charge in [-0.15, -0.1) is 16.4 Å². The van der Waals surface area contributed by atoms with Gasteiger partial charge in [0.2, 0.25) is 0 Å². The molecule has 1 aromatic heterocycles. The number of ether oxygens (including phenoxy) is 1. The van der Waals surface area contributed by atoms with E-state index >= 15 is 0 Å². The SMILES string of the molecule is O=C1c2ccccc2C(=O)N1OC(c1ccc(OCc2csc(-c3ccc(Cl)cc3)n2)cc1)C1CCCCC1. The second kappa shape index (κ2) is 11.3. The van der Waals surface area contributed by atoms with E-state index in [2.05, 4.69) is 4.98 Å². The van der Waals surface area contributed by atoms with E-state index in [1.54, 1.807) is 35.6 Å². The Labute approximate surface area is 236 Å². The maximum absolute atomic E-state index is 13.0. The van der Waals surface area contributed by atoms with Gasteiger partial charge in [-0.25, -0.2) is 4.98 Å². The Balaban J connectivity index is 1.15. The molecule has 0 bridgehead atoms. The highest BCUT2D eigenvalue weighted by Crippen LogP contribution is 2.39. The normalized spacial score (nSPS) is 16.4. The number of hydroxylamine groups is 2. The third-order valence-electron chi connectivity index (χ3n) is 7.29. The van der Waals surface area contributed by atoms with Crippen LogP contribution >= 0.6 is 22.9 Å². The van der Waals surface area contributed by atoms with Gasteiger partial charge in [0.25, 0.3) is 11.8 Å². The Morgan fingerprint density at radius 3 is 2.23 bits per heavy atom. The van der Waals surface area contributed by atoms with E-state index in [9.17, 15) is 9.59 Å². The van der Waals surface area contributed by atoms with Gasteiger partial charge in [-0.3, -0.25) is 14.4 Å². The van der Waals surface area contributed by atoms with E-state index in [1.165, 1.54) is 6.42 Å². The van der Waals surface area contributed by atoms with Gasteiger partial charge in [0, 0.05) is 16.0 Å². The summed E-state index contributed by atoms with van der Waals surface area (Å²) in [4.78, 5) is 36.9. The van der Waals surface area contributed by atoms with Crippen molar-refractivity contribution < 1.29 is 19.2 Å². The van der Waals surface area contributed by atoms with Gasteiger partial charge in [-0.05, 0) is 60.7 Å². The molecule has 1 aliphatic carbocycles. The molecule has 3 aromatic carbocycles. The van der Waals surface area contributed by atoms with Crippen molar-refractivity contribution in [1.29, 1.82) is 0 Å². The lowest BCUT2D eigenvalue weighted by molar-refractivity contribution is -0.156. The molecule has 0 saturated heterocycles. The molecule has 1 fully saturated rings. The quantitative estimate of drug-likeness (QED) is 0.206. The van der Waals surface area contributed by atoms with Crippen LogP contribution in [0.5, 0.6) is 5.75 Å². The van der Waals surface area contributed by atoms with Gasteiger partial charge in [0.05, 0.1) is 16.8 Å². The first kappa shape index (κ1) is 25.7. The Morgan fingerprint density at radius 2 is 1.56 bits per heavy atom. The summed E-state index contributed by atoms with van der Waals surface area (Å²) in [6.07, 6.45) is 5.00. The fourth-order valence-corrected chi connectivity index (χ4v) is 6.18. The zero-order valence-electron chi connectivity index (χ0n) is 21.2. The molecule has 1 atom stereocenters. The average molecular weight is 559 g/mol. The largest absolute Gasteiger partial charge is 0.487 e. The molecule has 0 N–H and O–H groups in total. The van der Waals surface area contributed by atoms with Crippen molar-refractivity contribution in [3.63, 3.8) is 0 Å². The molecular weight excluding hydrogens is 532 g/mol. The van der Waals surface area contributed by atoms with Gasteiger partial charge in [-0.2, -0.15) is 0 Å². The average Bonchev–Trinajstić information content (AvgIpc) is 3.55. The highest BCUT2D eigenvalue weighted by molar-refractivity contribution is 7.13. The van der Waals surface area contributed by atoms with Crippen LogP contribution in [-0.2, 0) is 11.4 Å². The lowest BCUT2D eigenvalue weighted by Crippen LogP contribution is -2.34. The number of imide groups is 1. The molecule has 0 radical (unpaired) electrons. The summed E-state index contributed by atoms with van der Waals surface area (Å²) in [5, 5.41) is 4.56. The minimum absolute atomic E-state index is 0.219. The van der Waals surface area contributed by atoms with Gasteiger partial charge in [0.1, 0.15) is 23.5 Å². The maximum atomic E-state index is 13.0. The summed E-state index contributed by atoms with van der Waals surface area (Å²) in [6.45, 7) is 0.348. The molecule has 8 heteroatoms. The molecule has 0 spiro atoms. The zero-order valence-corrected chi connectivity index (χ0v) is 22.8. The van der Waals surface area contributed by atoms with Crippen LogP contribution in [0.15, 0.2) is 78.2 Å². The number of amides is 2. The number of benzene rings is 3. The standard InChI is InChI=1S/C31H27ClN2O4S/c32-23-14-10-22(11-15-23)29-33-24(19-39-29)18-37-25-16-12-21(13-17-25)28(20-6-2-1-3-7-20)38-34-30(35)26-8-4-5-9-27(26)31(34)36/h4-5,8-17,19-20,28H,1-3,6-7,18H2. The summed E-state index contributed by atoms with van der Waals surface area (Å²) in [5.41, 5.74) is 3.56. The summed E-state index contributed by atoms with van der Waals surface area (Å²) in [7, 11) is 0. The van der Waals surface area contributed by atoms with Crippen molar-refractivity contribution in [2.75, 3.05) is 0 Å². The van der Waals surface area contributed by atoms with E-state index in [1.807, 2.05) is 53.9 Å². The van der Waals surface area contributed by atoms with E-state index in [0.717, 1.165) is 52.6 Å². The Hall–Kier alpha value is -3.52. The minimum Gasteiger partial charge on any atom is -0.487 e. The molecule has 6 rings (SSSR count). The summed E-state index contributed by atoms with van der Waals surface area (Å²) < 4.78 is 6.01. The zero-order chi connectivity index (χ0) is 26.8. The number of nitrogens with zero attached hydrogens (tertiary/aromatic N) is 2. The van der Waals surface area contributed by atoms with E-state index < -0.39 is 17.9 Å². The summed E-state index contributed by atoms with van der Waals surface area (Å²) >= 11 is 7.56. The maximum Gasteiger partial charge on any atom is 0.285 e.